The fourth-order valence-electron chi connectivity index (χ4n) is 15.4. The highest BCUT2D eigenvalue weighted by Crippen LogP contribution is 2.70. The third-order valence-electron chi connectivity index (χ3n) is 19.0. The van der Waals surface area contributed by atoms with E-state index in [0.717, 1.165) is 11.8 Å². The Morgan fingerprint density at radius 3 is 0.958 bits per heavy atom. The molecule has 0 saturated heterocycles. The van der Waals surface area contributed by atoms with Crippen molar-refractivity contribution in [2.45, 2.75) is 142 Å². The minimum Gasteiger partial charge on any atom is -0.309 e. The van der Waals surface area contributed by atoms with Crippen molar-refractivity contribution in [1.82, 2.24) is 9.13 Å². The Balaban J connectivity index is 0.957. The molecule has 4 bridgehead atoms. The average molecular weight is 941 g/mol. The zero-order valence-corrected chi connectivity index (χ0v) is 44.9. The van der Waals surface area contributed by atoms with Crippen molar-refractivity contribution in [3.05, 3.63) is 167 Å². The summed E-state index contributed by atoms with van der Waals surface area (Å²) in [6.07, 6.45) is 6.91. The van der Waals surface area contributed by atoms with Gasteiger partial charge in [0.1, 0.15) is 0 Å². The predicted octanol–water partition coefficient (Wildman–Crippen LogP) is 19.1. The highest BCUT2D eigenvalue weighted by Gasteiger charge is 2.61. The van der Waals surface area contributed by atoms with E-state index in [1.54, 1.807) is 11.1 Å². The van der Waals surface area contributed by atoms with Gasteiger partial charge in [-0.15, -0.1) is 0 Å². The van der Waals surface area contributed by atoms with Gasteiger partial charge in [-0.3, -0.25) is 0 Å². The molecule has 0 radical (unpaired) electrons. The quantitative estimate of drug-likeness (QED) is 0.163. The molecule has 8 aromatic carbocycles. The minimum atomic E-state index is 0.0333. The molecule has 0 atom stereocenters. The summed E-state index contributed by atoms with van der Waals surface area (Å²) in [6.45, 7) is 28.0. The van der Waals surface area contributed by atoms with E-state index in [2.05, 4.69) is 226 Å². The molecule has 2 aromatic heterocycles. The Morgan fingerprint density at radius 1 is 0.333 bits per heavy atom. The van der Waals surface area contributed by atoms with Gasteiger partial charge < -0.3 is 9.13 Å². The SMILES string of the molecule is CC(C)(C)c1ccc2c(c1)c1cc(C(C)(C)C)ccc1n2-c1ccc2cc3c(cc2c1)C1(c2cc4cc(-n5c6ccc(C(C)(C)C)cc6c6cc(C(C)(C)C)ccc65)ccc4cc2-3)C2CC3CC(C2)CC1C3. The number of benzene rings is 8. The summed E-state index contributed by atoms with van der Waals surface area (Å²) in [5.74, 6) is 3.11. The molecule has 4 fully saturated rings. The van der Waals surface area contributed by atoms with E-state index < -0.39 is 0 Å². The molecule has 1 spiro atoms. The molecule has 0 unspecified atom stereocenters. The summed E-state index contributed by atoms with van der Waals surface area (Å²) in [7, 11) is 0. The first-order valence-corrected chi connectivity index (χ1v) is 27.5. The lowest BCUT2D eigenvalue weighted by Crippen LogP contribution is -2.55. The predicted molar refractivity (Wildman–Crippen MR) is 308 cm³/mol. The van der Waals surface area contributed by atoms with Crippen LogP contribution in [-0.2, 0) is 27.1 Å². The summed E-state index contributed by atoms with van der Waals surface area (Å²) >= 11 is 0. The molecule has 5 aliphatic carbocycles. The summed E-state index contributed by atoms with van der Waals surface area (Å²) in [4.78, 5) is 0. The first-order valence-electron chi connectivity index (χ1n) is 27.5. The van der Waals surface area contributed by atoms with Gasteiger partial charge in [0, 0.05) is 38.3 Å². The van der Waals surface area contributed by atoms with Gasteiger partial charge in [-0.05, 0) is 241 Å². The lowest BCUT2D eigenvalue weighted by molar-refractivity contribution is -0.0398. The molecule has 10 aromatic rings. The Kier molecular flexibility index (Phi) is 9.01. The van der Waals surface area contributed by atoms with E-state index in [9.17, 15) is 0 Å². The van der Waals surface area contributed by atoms with Crippen molar-refractivity contribution in [2.75, 3.05) is 0 Å². The van der Waals surface area contributed by atoms with Gasteiger partial charge in [0.15, 0.2) is 0 Å². The maximum Gasteiger partial charge on any atom is 0.0541 e. The topological polar surface area (TPSA) is 9.86 Å². The zero-order valence-electron chi connectivity index (χ0n) is 44.9. The standard InChI is InChI=1S/C70H72N2/c1-66(2,3)46-15-21-62-56(36-46)57-37-47(67(4,5)6)16-22-63(57)71(62)52-19-13-42-32-54-55-33-43-14-20-53(72-64-23-17-48(68(7,8)9)38-58(64)59-39-49(69(10,11)12)18-24-65(59)72)31-45(43)35-61(55)70(60(54)34-44(42)30-52)50-26-40-25-41(28-50)29-51(70)27-40/h13-24,30-41,50-51H,25-29H2,1-12H3. The van der Waals surface area contributed by atoms with Crippen LogP contribution in [0, 0.1) is 23.7 Å². The van der Waals surface area contributed by atoms with Gasteiger partial charge in [0.05, 0.1) is 22.1 Å². The molecule has 0 amide bonds. The monoisotopic (exact) mass is 941 g/mol. The van der Waals surface area contributed by atoms with E-state index in [4.69, 9.17) is 0 Å². The van der Waals surface area contributed by atoms with Gasteiger partial charge in [0.25, 0.3) is 0 Å². The highest BCUT2D eigenvalue weighted by molar-refractivity contribution is 6.12. The molecule has 72 heavy (non-hydrogen) atoms. The van der Waals surface area contributed by atoms with Crippen molar-refractivity contribution in [2.24, 2.45) is 23.7 Å². The molecule has 362 valence electrons. The number of nitrogens with zero attached hydrogens (tertiary/aromatic N) is 2. The second-order valence-corrected chi connectivity index (χ2v) is 27.6. The van der Waals surface area contributed by atoms with E-state index in [1.165, 1.54) is 142 Å². The second kappa shape index (κ2) is 14.6. The molecule has 0 aliphatic heterocycles. The zero-order chi connectivity index (χ0) is 49.8. The molecule has 0 N–H and O–H groups in total. The molecule has 2 heteroatoms. The third kappa shape index (κ3) is 6.32. The van der Waals surface area contributed by atoms with Crippen molar-refractivity contribution < 1.29 is 0 Å². The van der Waals surface area contributed by atoms with Crippen LogP contribution in [0.15, 0.2) is 133 Å². The maximum atomic E-state index is 2.70. The van der Waals surface area contributed by atoms with Crippen LogP contribution in [0.25, 0.3) is 87.7 Å². The van der Waals surface area contributed by atoms with E-state index in [0.29, 0.717) is 11.8 Å². The smallest absolute Gasteiger partial charge is 0.0541 e. The van der Waals surface area contributed by atoms with Gasteiger partial charge in [0.2, 0.25) is 0 Å². The number of hydrogen-bond donors (Lipinski definition) is 0. The lowest BCUT2D eigenvalue weighted by Gasteiger charge is -2.61. The van der Waals surface area contributed by atoms with Gasteiger partial charge >= 0.3 is 0 Å². The van der Waals surface area contributed by atoms with Gasteiger partial charge in [-0.2, -0.15) is 0 Å². The maximum absolute atomic E-state index is 2.70. The van der Waals surface area contributed by atoms with Crippen LogP contribution in [0.4, 0.5) is 0 Å². The molecular formula is C70H72N2. The Labute approximate surface area is 427 Å². The van der Waals surface area contributed by atoms with Gasteiger partial charge in [-0.25, -0.2) is 0 Å². The average Bonchev–Trinajstić information content (AvgIpc) is 3.92. The largest absolute Gasteiger partial charge is 0.309 e. The highest BCUT2D eigenvalue weighted by atomic mass is 15.0. The fourth-order valence-corrected chi connectivity index (χ4v) is 15.4. The van der Waals surface area contributed by atoms with Crippen LogP contribution < -0.4 is 0 Å². The van der Waals surface area contributed by atoms with Crippen molar-refractivity contribution in [3.63, 3.8) is 0 Å². The third-order valence-corrected chi connectivity index (χ3v) is 19.0. The molecule has 2 heterocycles. The van der Waals surface area contributed by atoms with Crippen LogP contribution in [0.5, 0.6) is 0 Å². The Morgan fingerprint density at radius 2 is 0.653 bits per heavy atom. The van der Waals surface area contributed by atoms with Crippen molar-refractivity contribution in [1.29, 1.82) is 0 Å². The second-order valence-electron chi connectivity index (χ2n) is 27.6. The van der Waals surface area contributed by atoms with E-state index in [1.807, 2.05) is 0 Å². The first kappa shape index (κ1) is 44.6. The molecule has 15 rings (SSSR count). The summed E-state index contributed by atoms with van der Waals surface area (Å²) in [5, 5.41) is 10.8. The molecule has 5 aliphatic rings. The van der Waals surface area contributed by atoms with Crippen LogP contribution in [0.3, 0.4) is 0 Å². The van der Waals surface area contributed by atoms with Crippen LogP contribution in [-0.4, -0.2) is 9.13 Å². The Hall–Kier alpha value is -6.12. The number of hydrogen-bond acceptors (Lipinski definition) is 0. The number of aromatic nitrogens is 2. The first-order chi connectivity index (χ1) is 34.1. The normalized spacial score (nSPS) is 20.6. The fraction of sp³-hybridized carbons (Fsp3) is 0.371. The van der Waals surface area contributed by atoms with Crippen molar-refractivity contribution in [3.8, 4) is 22.5 Å². The Bertz CT molecular complexity index is 3550. The summed E-state index contributed by atoms with van der Waals surface area (Å²) in [5.41, 5.74) is 19.6. The molecule has 2 nitrogen and oxygen atoms in total. The van der Waals surface area contributed by atoms with E-state index in [-0.39, 0.29) is 27.1 Å². The summed E-state index contributed by atoms with van der Waals surface area (Å²) in [6, 6.07) is 54.2. The van der Waals surface area contributed by atoms with Crippen LogP contribution >= 0.6 is 0 Å². The van der Waals surface area contributed by atoms with Gasteiger partial charge in [-0.1, -0.05) is 119 Å². The minimum absolute atomic E-state index is 0.0333. The van der Waals surface area contributed by atoms with Crippen LogP contribution in [0.1, 0.15) is 149 Å². The summed E-state index contributed by atoms with van der Waals surface area (Å²) < 4.78 is 5.11. The molecule has 4 saturated carbocycles. The van der Waals surface area contributed by atoms with E-state index >= 15 is 0 Å². The molecular weight excluding hydrogens is 869 g/mol. The number of fused-ring (bicyclic) bond motifs is 11. The van der Waals surface area contributed by atoms with Crippen molar-refractivity contribution >= 4 is 65.2 Å². The number of rotatable bonds is 2. The lowest BCUT2D eigenvalue weighted by atomic mass is 9.43. The van der Waals surface area contributed by atoms with Crippen LogP contribution in [0.2, 0.25) is 0 Å².